The molecule has 0 radical (unpaired) electrons. The smallest absolute Gasteiger partial charge is 0.225 e. The van der Waals surface area contributed by atoms with Crippen LogP contribution in [0, 0.1) is 12.8 Å². The number of benzene rings is 1. The van der Waals surface area contributed by atoms with E-state index in [2.05, 4.69) is 37.2 Å². The quantitative estimate of drug-likeness (QED) is 0.631. The number of anilines is 1. The number of rotatable bonds is 8. The van der Waals surface area contributed by atoms with E-state index in [1.165, 1.54) is 5.56 Å². The van der Waals surface area contributed by atoms with Crippen molar-refractivity contribution in [2.24, 2.45) is 5.92 Å². The van der Waals surface area contributed by atoms with Gasteiger partial charge >= 0.3 is 0 Å². The number of hydrogen-bond donors (Lipinski definition) is 1. The van der Waals surface area contributed by atoms with Gasteiger partial charge in [-0.1, -0.05) is 29.8 Å². The Bertz CT molecular complexity index is 896. The van der Waals surface area contributed by atoms with Gasteiger partial charge in [-0.05, 0) is 31.5 Å². The molecule has 1 aromatic carbocycles. The molecule has 2 aliphatic rings. The van der Waals surface area contributed by atoms with Crippen molar-refractivity contribution in [3.05, 3.63) is 53.9 Å². The van der Waals surface area contributed by atoms with Crippen molar-refractivity contribution in [2.75, 3.05) is 50.7 Å². The number of amides is 2. The number of nitrogens with zero attached hydrogens (tertiary/aromatic N) is 5. The lowest BCUT2D eigenvalue weighted by molar-refractivity contribution is -0.129. The zero-order valence-corrected chi connectivity index (χ0v) is 18.7. The molecule has 2 amide bonds. The molecule has 2 saturated heterocycles. The van der Waals surface area contributed by atoms with Gasteiger partial charge < -0.3 is 15.1 Å². The first-order valence-electron chi connectivity index (χ1n) is 11.4. The summed E-state index contributed by atoms with van der Waals surface area (Å²) in [7, 11) is 0. The molecule has 0 saturated carbocycles. The Morgan fingerprint density at radius 3 is 2.53 bits per heavy atom. The van der Waals surface area contributed by atoms with Gasteiger partial charge in [0, 0.05) is 64.6 Å². The van der Waals surface area contributed by atoms with Crippen molar-refractivity contribution in [2.45, 2.75) is 26.3 Å². The summed E-state index contributed by atoms with van der Waals surface area (Å²) in [5.74, 6) is 0.603. The van der Waals surface area contributed by atoms with Crippen molar-refractivity contribution in [1.29, 1.82) is 0 Å². The van der Waals surface area contributed by atoms with Crippen molar-refractivity contribution in [3.63, 3.8) is 0 Å². The molecule has 4 rings (SSSR count). The first-order chi connectivity index (χ1) is 15.6. The summed E-state index contributed by atoms with van der Waals surface area (Å²) in [5, 5.41) is 3.04. The molecular formula is C24H32N6O2. The van der Waals surface area contributed by atoms with E-state index in [0.717, 1.165) is 50.7 Å². The van der Waals surface area contributed by atoms with Crippen molar-refractivity contribution < 1.29 is 9.59 Å². The maximum absolute atomic E-state index is 12.6. The van der Waals surface area contributed by atoms with Crippen LogP contribution in [0.1, 0.15) is 24.0 Å². The Hall–Kier alpha value is -3.00. The monoisotopic (exact) mass is 436 g/mol. The molecule has 1 aromatic heterocycles. The summed E-state index contributed by atoms with van der Waals surface area (Å²) in [6.07, 6.45) is 4.76. The normalized spacial score (nSPS) is 19.4. The topological polar surface area (TPSA) is 81.7 Å². The third kappa shape index (κ3) is 5.82. The van der Waals surface area contributed by atoms with E-state index in [9.17, 15) is 9.59 Å². The van der Waals surface area contributed by atoms with Gasteiger partial charge in [-0.25, -0.2) is 9.97 Å². The molecule has 2 fully saturated rings. The van der Waals surface area contributed by atoms with Crippen molar-refractivity contribution in [1.82, 2.24) is 25.1 Å². The largest absolute Gasteiger partial charge is 0.356 e. The van der Waals surface area contributed by atoms with Gasteiger partial charge in [-0.2, -0.15) is 0 Å². The highest BCUT2D eigenvalue weighted by Gasteiger charge is 2.34. The van der Waals surface area contributed by atoms with Crippen LogP contribution < -0.4 is 10.2 Å². The highest BCUT2D eigenvalue weighted by atomic mass is 16.2. The molecule has 170 valence electrons. The summed E-state index contributed by atoms with van der Waals surface area (Å²) >= 11 is 0. The van der Waals surface area contributed by atoms with Crippen LogP contribution in [0.25, 0.3) is 0 Å². The Balaban J connectivity index is 1.13. The predicted molar refractivity (Wildman–Crippen MR) is 123 cm³/mol. The standard InChI is InChI=1S/C24H32N6O2/c1-19-4-6-20(7-5-19)17-30-18-21(16-22(30)31)23(32)25-10-3-11-28-12-14-29(15-13-28)24-26-8-2-9-27-24/h2,4-9,21H,3,10-18H2,1H3,(H,25,32)/t21-/m0/s1. The minimum Gasteiger partial charge on any atom is -0.356 e. The third-order valence-electron chi connectivity index (χ3n) is 6.24. The average Bonchev–Trinajstić information content (AvgIpc) is 3.19. The fourth-order valence-corrected chi connectivity index (χ4v) is 4.30. The second-order valence-corrected chi connectivity index (χ2v) is 8.68. The number of carbonyl (C=O) groups is 2. The molecule has 1 atom stereocenters. The second-order valence-electron chi connectivity index (χ2n) is 8.68. The van der Waals surface area contributed by atoms with Crippen LogP contribution in [0.15, 0.2) is 42.7 Å². The Labute approximate surface area is 189 Å². The number of likely N-dealkylation sites (tertiary alicyclic amines) is 1. The summed E-state index contributed by atoms with van der Waals surface area (Å²) in [6, 6.07) is 10.0. The van der Waals surface area contributed by atoms with Crippen LogP contribution in [0.4, 0.5) is 5.95 Å². The van der Waals surface area contributed by atoms with Gasteiger partial charge in [0.2, 0.25) is 17.8 Å². The molecule has 3 heterocycles. The van der Waals surface area contributed by atoms with E-state index >= 15 is 0 Å². The minimum atomic E-state index is -0.248. The van der Waals surface area contributed by atoms with Crippen LogP contribution in [0.3, 0.4) is 0 Å². The Morgan fingerprint density at radius 1 is 1.09 bits per heavy atom. The van der Waals surface area contributed by atoms with E-state index in [0.29, 0.717) is 26.1 Å². The van der Waals surface area contributed by atoms with Crippen molar-refractivity contribution >= 4 is 17.8 Å². The lowest BCUT2D eigenvalue weighted by Crippen LogP contribution is -2.47. The Morgan fingerprint density at radius 2 is 1.81 bits per heavy atom. The number of hydrogen-bond acceptors (Lipinski definition) is 6. The van der Waals surface area contributed by atoms with Crippen LogP contribution in [-0.2, 0) is 16.1 Å². The summed E-state index contributed by atoms with van der Waals surface area (Å²) in [6.45, 7) is 8.48. The molecule has 32 heavy (non-hydrogen) atoms. The zero-order chi connectivity index (χ0) is 22.3. The van der Waals surface area contributed by atoms with E-state index in [4.69, 9.17) is 0 Å². The highest BCUT2D eigenvalue weighted by molar-refractivity contribution is 5.89. The molecule has 0 spiro atoms. The maximum Gasteiger partial charge on any atom is 0.225 e. The summed E-state index contributed by atoms with van der Waals surface area (Å²) in [4.78, 5) is 40.0. The van der Waals surface area contributed by atoms with Crippen LogP contribution in [0.2, 0.25) is 0 Å². The minimum absolute atomic E-state index is 0.00389. The fourth-order valence-electron chi connectivity index (χ4n) is 4.30. The summed E-state index contributed by atoms with van der Waals surface area (Å²) in [5.41, 5.74) is 2.30. The predicted octanol–water partition coefficient (Wildman–Crippen LogP) is 1.46. The third-order valence-corrected chi connectivity index (χ3v) is 6.24. The molecule has 8 heteroatoms. The molecule has 8 nitrogen and oxygen atoms in total. The number of aromatic nitrogens is 2. The number of aryl methyl sites for hydroxylation is 1. The second kappa shape index (κ2) is 10.5. The average molecular weight is 437 g/mol. The lowest BCUT2D eigenvalue weighted by Gasteiger charge is -2.34. The fraction of sp³-hybridized carbons (Fsp3) is 0.500. The van der Waals surface area contributed by atoms with Crippen LogP contribution in [-0.4, -0.2) is 77.4 Å². The molecule has 1 N–H and O–H groups in total. The van der Waals surface area contributed by atoms with Crippen LogP contribution in [0.5, 0.6) is 0 Å². The number of nitrogens with one attached hydrogen (secondary N) is 1. The van der Waals surface area contributed by atoms with Crippen molar-refractivity contribution in [3.8, 4) is 0 Å². The maximum atomic E-state index is 12.6. The molecule has 2 aliphatic heterocycles. The first-order valence-corrected chi connectivity index (χ1v) is 11.4. The SMILES string of the molecule is Cc1ccc(CN2C[C@@H](C(=O)NCCCN3CCN(c4ncccn4)CC3)CC2=O)cc1. The molecule has 0 unspecified atom stereocenters. The highest BCUT2D eigenvalue weighted by Crippen LogP contribution is 2.20. The van der Waals surface area contributed by atoms with Gasteiger partial charge in [0.1, 0.15) is 0 Å². The molecule has 0 aliphatic carbocycles. The zero-order valence-electron chi connectivity index (χ0n) is 18.7. The Kier molecular flexibility index (Phi) is 7.32. The lowest BCUT2D eigenvalue weighted by atomic mass is 10.1. The van der Waals surface area contributed by atoms with E-state index < -0.39 is 0 Å². The van der Waals surface area contributed by atoms with Crippen LogP contribution >= 0.6 is 0 Å². The van der Waals surface area contributed by atoms with Gasteiger partial charge in [0.05, 0.1) is 5.92 Å². The summed E-state index contributed by atoms with van der Waals surface area (Å²) < 4.78 is 0. The molecule has 2 aromatic rings. The van der Waals surface area contributed by atoms with E-state index in [1.807, 2.05) is 25.1 Å². The van der Waals surface area contributed by atoms with E-state index in [1.54, 1.807) is 17.3 Å². The van der Waals surface area contributed by atoms with Gasteiger partial charge in [-0.3, -0.25) is 14.5 Å². The van der Waals surface area contributed by atoms with E-state index in [-0.39, 0.29) is 17.7 Å². The number of carbonyl (C=O) groups excluding carboxylic acids is 2. The van der Waals surface area contributed by atoms with Gasteiger partial charge in [-0.15, -0.1) is 0 Å². The van der Waals surface area contributed by atoms with Gasteiger partial charge in [0.25, 0.3) is 0 Å². The van der Waals surface area contributed by atoms with Gasteiger partial charge in [0.15, 0.2) is 0 Å². The molecular weight excluding hydrogens is 404 g/mol. The molecule has 0 bridgehead atoms. The first kappa shape index (κ1) is 22.2. The number of piperazine rings is 1.